The molecular formula is C12H12BrFN2S. The Morgan fingerprint density at radius 3 is 3.00 bits per heavy atom. The summed E-state index contributed by atoms with van der Waals surface area (Å²) in [7, 11) is 0. The van der Waals surface area contributed by atoms with Gasteiger partial charge in [0.2, 0.25) is 0 Å². The van der Waals surface area contributed by atoms with Crippen LogP contribution in [0.3, 0.4) is 0 Å². The number of benzene rings is 1. The molecule has 0 amide bonds. The van der Waals surface area contributed by atoms with E-state index in [2.05, 4.69) is 33.2 Å². The minimum Gasteiger partial charge on any atom is -0.305 e. The average Bonchev–Trinajstić information content (AvgIpc) is 2.78. The lowest BCUT2D eigenvalue weighted by Gasteiger charge is -2.15. The third-order valence-corrected chi connectivity index (χ3v) is 3.96. The van der Waals surface area contributed by atoms with Crippen LogP contribution in [0.2, 0.25) is 0 Å². The van der Waals surface area contributed by atoms with Crippen LogP contribution in [0.15, 0.2) is 34.4 Å². The number of halogens is 2. The largest absolute Gasteiger partial charge is 0.305 e. The van der Waals surface area contributed by atoms with E-state index in [0.717, 1.165) is 16.6 Å². The van der Waals surface area contributed by atoms with Crippen molar-refractivity contribution >= 4 is 27.3 Å². The molecule has 1 heterocycles. The van der Waals surface area contributed by atoms with Crippen LogP contribution in [0.4, 0.5) is 4.39 Å². The first-order valence-corrected chi connectivity index (χ1v) is 6.90. The SMILES string of the molecule is CC(NCc1cncs1)c1ccc(F)cc1Br. The van der Waals surface area contributed by atoms with E-state index in [9.17, 15) is 4.39 Å². The summed E-state index contributed by atoms with van der Waals surface area (Å²) in [5.74, 6) is -0.227. The van der Waals surface area contributed by atoms with Crippen molar-refractivity contribution < 1.29 is 4.39 Å². The summed E-state index contributed by atoms with van der Waals surface area (Å²) < 4.78 is 13.8. The minimum atomic E-state index is -0.227. The molecule has 0 saturated heterocycles. The maximum absolute atomic E-state index is 13.0. The highest BCUT2D eigenvalue weighted by atomic mass is 79.9. The lowest BCUT2D eigenvalue weighted by Crippen LogP contribution is -2.17. The predicted octanol–water partition coefficient (Wildman–Crippen LogP) is 3.90. The number of hydrogen-bond donors (Lipinski definition) is 1. The molecule has 0 saturated carbocycles. The van der Waals surface area contributed by atoms with Crippen molar-refractivity contribution in [3.05, 3.63) is 50.6 Å². The van der Waals surface area contributed by atoms with Gasteiger partial charge in [-0.1, -0.05) is 22.0 Å². The number of rotatable bonds is 4. The van der Waals surface area contributed by atoms with Gasteiger partial charge in [-0.25, -0.2) is 4.39 Å². The molecule has 2 aromatic rings. The summed E-state index contributed by atoms with van der Waals surface area (Å²) in [6.45, 7) is 2.83. The monoisotopic (exact) mass is 314 g/mol. The van der Waals surface area contributed by atoms with Gasteiger partial charge in [0, 0.05) is 28.1 Å². The maximum Gasteiger partial charge on any atom is 0.124 e. The van der Waals surface area contributed by atoms with Crippen LogP contribution in [0.5, 0.6) is 0 Å². The van der Waals surface area contributed by atoms with Gasteiger partial charge >= 0.3 is 0 Å². The molecule has 2 nitrogen and oxygen atoms in total. The van der Waals surface area contributed by atoms with Crippen LogP contribution in [0.1, 0.15) is 23.4 Å². The molecule has 90 valence electrons. The first-order valence-electron chi connectivity index (χ1n) is 5.22. The Bertz CT molecular complexity index is 487. The highest BCUT2D eigenvalue weighted by molar-refractivity contribution is 9.10. The smallest absolute Gasteiger partial charge is 0.124 e. The molecule has 1 unspecified atom stereocenters. The van der Waals surface area contributed by atoms with Crippen molar-refractivity contribution in [1.82, 2.24) is 10.3 Å². The van der Waals surface area contributed by atoms with Crippen LogP contribution < -0.4 is 5.32 Å². The van der Waals surface area contributed by atoms with Gasteiger partial charge in [-0.05, 0) is 24.6 Å². The van der Waals surface area contributed by atoms with E-state index < -0.39 is 0 Å². The van der Waals surface area contributed by atoms with E-state index in [4.69, 9.17) is 0 Å². The first-order chi connectivity index (χ1) is 8.16. The Kier molecular flexibility index (Phi) is 4.25. The minimum absolute atomic E-state index is 0.159. The Labute approximate surface area is 112 Å². The topological polar surface area (TPSA) is 24.9 Å². The number of hydrogen-bond acceptors (Lipinski definition) is 3. The number of nitrogens with zero attached hydrogens (tertiary/aromatic N) is 1. The van der Waals surface area contributed by atoms with Gasteiger partial charge in [0.15, 0.2) is 0 Å². The standard InChI is InChI=1S/C12H12BrFN2S/c1-8(16-6-10-5-15-7-17-10)11-3-2-9(14)4-12(11)13/h2-5,7-8,16H,6H2,1H3. The summed E-state index contributed by atoms with van der Waals surface area (Å²) in [6.07, 6.45) is 1.85. The maximum atomic E-state index is 13.0. The van der Waals surface area contributed by atoms with Gasteiger partial charge in [-0.2, -0.15) is 0 Å². The van der Waals surface area contributed by atoms with Crippen LogP contribution in [-0.2, 0) is 6.54 Å². The number of aromatic nitrogens is 1. The summed E-state index contributed by atoms with van der Waals surface area (Å²) in [5, 5.41) is 3.38. The first kappa shape index (κ1) is 12.7. The summed E-state index contributed by atoms with van der Waals surface area (Å²) >= 11 is 5.00. The van der Waals surface area contributed by atoms with E-state index in [-0.39, 0.29) is 11.9 Å². The summed E-state index contributed by atoms with van der Waals surface area (Å²) in [4.78, 5) is 5.21. The third-order valence-electron chi connectivity index (χ3n) is 2.49. The van der Waals surface area contributed by atoms with Gasteiger partial charge in [-0.3, -0.25) is 4.98 Å². The second-order valence-corrected chi connectivity index (χ2v) is 5.56. The Hall–Kier alpha value is -0.780. The van der Waals surface area contributed by atoms with Crippen LogP contribution in [0, 0.1) is 5.82 Å². The van der Waals surface area contributed by atoms with E-state index >= 15 is 0 Å². The molecule has 5 heteroatoms. The lowest BCUT2D eigenvalue weighted by atomic mass is 10.1. The van der Waals surface area contributed by atoms with Crippen molar-refractivity contribution in [1.29, 1.82) is 0 Å². The van der Waals surface area contributed by atoms with E-state index in [1.807, 2.05) is 11.7 Å². The zero-order valence-electron chi connectivity index (χ0n) is 9.28. The molecule has 1 aromatic carbocycles. The molecule has 1 aromatic heterocycles. The van der Waals surface area contributed by atoms with Crippen molar-refractivity contribution in [2.45, 2.75) is 19.5 Å². The van der Waals surface area contributed by atoms with Crippen molar-refractivity contribution in [2.24, 2.45) is 0 Å². The van der Waals surface area contributed by atoms with Crippen molar-refractivity contribution in [2.75, 3.05) is 0 Å². The molecule has 0 radical (unpaired) electrons. The highest BCUT2D eigenvalue weighted by Gasteiger charge is 2.09. The molecule has 2 rings (SSSR count). The molecule has 17 heavy (non-hydrogen) atoms. The molecular weight excluding hydrogens is 303 g/mol. The summed E-state index contributed by atoms with van der Waals surface area (Å²) in [5.41, 5.74) is 2.87. The van der Waals surface area contributed by atoms with Gasteiger partial charge in [-0.15, -0.1) is 11.3 Å². The van der Waals surface area contributed by atoms with E-state index in [1.165, 1.54) is 17.0 Å². The second kappa shape index (κ2) is 5.71. The molecule has 0 fully saturated rings. The van der Waals surface area contributed by atoms with Crippen LogP contribution >= 0.6 is 27.3 Å². The summed E-state index contributed by atoms with van der Waals surface area (Å²) in [6, 6.07) is 4.92. The van der Waals surface area contributed by atoms with Gasteiger partial charge < -0.3 is 5.32 Å². The molecule has 0 aliphatic carbocycles. The average molecular weight is 315 g/mol. The number of thiazole rings is 1. The molecule has 0 bridgehead atoms. The fraction of sp³-hybridized carbons (Fsp3) is 0.250. The Morgan fingerprint density at radius 2 is 2.35 bits per heavy atom. The van der Waals surface area contributed by atoms with Gasteiger partial charge in [0.1, 0.15) is 5.82 Å². The quantitative estimate of drug-likeness (QED) is 0.926. The van der Waals surface area contributed by atoms with E-state index in [0.29, 0.717) is 0 Å². The second-order valence-electron chi connectivity index (χ2n) is 3.74. The molecule has 0 aliphatic rings. The zero-order chi connectivity index (χ0) is 12.3. The normalized spacial score (nSPS) is 12.6. The van der Waals surface area contributed by atoms with Gasteiger partial charge in [0.25, 0.3) is 0 Å². The Morgan fingerprint density at radius 1 is 1.53 bits per heavy atom. The zero-order valence-corrected chi connectivity index (χ0v) is 11.7. The van der Waals surface area contributed by atoms with E-state index in [1.54, 1.807) is 17.4 Å². The fourth-order valence-electron chi connectivity index (χ4n) is 1.55. The fourth-order valence-corrected chi connectivity index (χ4v) is 2.79. The third kappa shape index (κ3) is 3.34. The Balaban J connectivity index is 2.01. The van der Waals surface area contributed by atoms with Crippen molar-refractivity contribution in [3.8, 4) is 0 Å². The molecule has 1 N–H and O–H groups in total. The van der Waals surface area contributed by atoms with Crippen molar-refractivity contribution in [3.63, 3.8) is 0 Å². The number of nitrogens with one attached hydrogen (secondary N) is 1. The predicted molar refractivity (Wildman–Crippen MR) is 71.5 cm³/mol. The highest BCUT2D eigenvalue weighted by Crippen LogP contribution is 2.24. The molecule has 0 aliphatic heterocycles. The molecule has 0 spiro atoms. The van der Waals surface area contributed by atoms with Crippen LogP contribution in [-0.4, -0.2) is 4.98 Å². The lowest BCUT2D eigenvalue weighted by molar-refractivity contribution is 0.572. The van der Waals surface area contributed by atoms with Gasteiger partial charge in [0.05, 0.1) is 5.51 Å². The molecule has 1 atom stereocenters. The van der Waals surface area contributed by atoms with Crippen LogP contribution in [0.25, 0.3) is 0 Å².